The van der Waals surface area contributed by atoms with E-state index in [1.54, 1.807) is 0 Å². The van der Waals surface area contributed by atoms with Gasteiger partial charge in [0.25, 0.3) is 0 Å². The summed E-state index contributed by atoms with van der Waals surface area (Å²) in [5.74, 6) is 0. The van der Waals surface area contributed by atoms with E-state index in [1.807, 2.05) is 22.7 Å². The minimum atomic E-state index is 1.14. The van der Waals surface area contributed by atoms with Gasteiger partial charge in [0.15, 0.2) is 0 Å². The van der Waals surface area contributed by atoms with Crippen molar-refractivity contribution < 1.29 is 0 Å². The lowest BCUT2D eigenvalue weighted by Gasteiger charge is -2.29. The van der Waals surface area contributed by atoms with Crippen molar-refractivity contribution in [1.29, 1.82) is 0 Å². The number of nitrogens with zero attached hydrogens (tertiary/aromatic N) is 1. The smallest absolute Gasteiger partial charge is 0.0640 e. The Morgan fingerprint density at radius 2 is 0.667 bits per heavy atom. The summed E-state index contributed by atoms with van der Waals surface area (Å²) >= 11 is 3.77. The lowest BCUT2D eigenvalue weighted by atomic mass is 9.81. The van der Waals surface area contributed by atoms with E-state index < -0.39 is 0 Å². The molecule has 8 aromatic carbocycles. The molecule has 11 rings (SSSR count). The normalized spacial score (nSPS) is 11.9. The second-order valence-corrected chi connectivity index (χ2v) is 15.3. The molecule has 2 aromatic heterocycles. The second kappa shape index (κ2) is 11.3. The van der Waals surface area contributed by atoms with E-state index >= 15 is 0 Å². The van der Waals surface area contributed by atoms with Crippen LogP contribution in [0.2, 0.25) is 0 Å². The Bertz CT molecular complexity index is 2880. The Labute approximate surface area is 303 Å². The highest BCUT2D eigenvalue weighted by atomic mass is 32.1. The van der Waals surface area contributed by atoms with E-state index in [4.69, 9.17) is 0 Å². The van der Waals surface area contributed by atoms with Crippen molar-refractivity contribution in [2.45, 2.75) is 0 Å². The minimum Gasteiger partial charge on any atom is -0.308 e. The molecule has 0 N–H and O–H groups in total. The molecule has 10 aromatic rings. The number of fused-ring (bicyclic) bond motifs is 14. The highest BCUT2D eigenvalue weighted by Gasteiger charge is 2.25. The van der Waals surface area contributed by atoms with Gasteiger partial charge in [-0.05, 0) is 80.9 Å². The molecule has 0 unspecified atom stereocenters. The van der Waals surface area contributed by atoms with Crippen LogP contribution < -0.4 is 4.90 Å². The highest BCUT2D eigenvalue weighted by Crippen LogP contribution is 2.52. The SMILES string of the molecule is c1ccc2c(c1)-c1ccccc1-c1ccc(N(c3cccc4c3sc3ccccc34)c3cccc4c3sc3ccccc34)cc1-c1ccccc1-2. The summed E-state index contributed by atoms with van der Waals surface area (Å²) < 4.78 is 5.20. The summed E-state index contributed by atoms with van der Waals surface area (Å²) in [5.41, 5.74) is 13.6. The van der Waals surface area contributed by atoms with Crippen molar-refractivity contribution in [1.82, 2.24) is 0 Å². The standard InChI is InChI=1S/C48H29NS2/c1-2-14-32-31(13-1)33-15-3-4-17-35(33)37-28-27-30(29-42(37)36-18-6-5-16-34(32)36)49(43-23-11-21-40-38-19-7-9-25-45(38)50-47(40)43)44-24-12-22-41-39-20-8-10-26-46(39)51-48(41)44/h1-29H. The fraction of sp³-hybridized carbons (Fsp3) is 0. The van der Waals surface area contributed by atoms with Gasteiger partial charge in [0.05, 0.1) is 20.8 Å². The molecule has 0 aliphatic heterocycles. The monoisotopic (exact) mass is 683 g/mol. The molecule has 3 heteroatoms. The lowest BCUT2D eigenvalue weighted by Crippen LogP contribution is -2.11. The number of thiophene rings is 2. The number of hydrogen-bond donors (Lipinski definition) is 0. The molecule has 0 fully saturated rings. The third kappa shape index (κ3) is 4.32. The summed E-state index contributed by atoms with van der Waals surface area (Å²) in [5, 5.41) is 5.20. The van der Waals surface area contributed by atoms with Gasteiger partial charge in [-0.15, -0.1) is 22.7 Å². The van der Waals surface area contributed by atoms with Crippen molar-refractivity contribution in [2.24, 2.45) is 0 Å². The maximum Gasteiger partial charge on any atom is 0.0640 e. The average molecular weight is 684 g/mol. The zero-order valence-electron chi connectivity index (χ0n) is 27.5. The molecule has 51 heavy (non-hydrogen) atoms. The molecule has 1 aliphatic carbocycles. The number of rotatable bonds is 3. The quantitative estimate of drug-likeness (QED) is 0.179. The maximum atomic E-state index is 2.52. The maximum absolute atomic E-state index is 2.52. The van der Waals surface area contributed by atoms with Gasteiger partial charge < -0.3 is 4.90 Å². The van der Waals surface area contributed by atoms with Crippen molar-refractivity contribution in [2.75, 3.05) is 4.90 Å². The van der Waals surface area contributed by atoms with Crippen LogP contribution in [0.15, 0.2) is 176 Å². The number of hydrogen-bond acceptors (Lipinski definition) is 3. The summed E-state index contributed by atoms with van der Waals surface area (Å²) in [6.45, 7) is 0. The van der Waals surface area contributed by atoms with E-state index in [0.29, 0.717) is 0 Å². The van der Waals surface area contributed by atoms with Crippen molar-refractivity contribution in [3.63, 3.8) is 0 Å². The fourth-order valence-corrected chi connectivity index (χ4v) is 10.6. The lowest BCUT2D eigenvalue weighted by molar-refractivity contribution is 1.32. The first-order valence-corrected chi connectivity index (χ1v) is 19.0. The molecule has 0 radical (unpaired) electrons. The van der Waals surface area contributed by atoms with E-state index in [0.717, 1.165) is 5.69 Å². The average Bonchev–Trinajstić information content (AvgIpc) is 3.77. The Hall–Kier alpha value is -6.00. The third-order valence-corrected chi connectivity index (χ3v) is 12.9. The summed E-state index contributed by atoms with van der Waals surface area (Å²) in [7, 11) is 0. The van der Waals surface area contributed by atoms with Crippen molar-refractivity contribution in [3.8, 4) is 44.5 Å². The molecular formula is C48H29NS2. The van der Waals surface area contributed by atoms with Gasteiger partial charge in [0, 0.05) is 36.6 Å². The van der Waals surface area contributed by atoms with E-state index in [9.17, 15) is 0 Å². The van der Waals surface area contributed by atoms with Crippen LogP contribution in [-0.2, 0) is 0 Å². The molecule has 0 bridgehead atoms. The van der Waals surface area contributed by atoms with Gasteiger partial charge in [0.1, 0.15) is 0 Å². The number of anilines is 3. The summed E-state index contributed by atoms with van der Waals surface area (Å²) in [4.78, 5) is 2.52. The van der Waals surface area contributed by atoms with Gasteiger partial charge in [-0.2, -0.15) is 0 Å². The van der Waals surface area contributed by atoms with E-state index in [1.165, 1.54) is 96.2 Å². The topological polar surface area (TPSA) is 3.24 Å². The first kappa shape index (κ1) is 28.8. The first-order chi connectivity index (χ1) is 25.3. The van der Waals surface area contributed by atoms with Crippen molar-refractivity contribution in [3.05, 3.63) is 176 Å². The van der Waals surface area contributed by atoms with Crippen LogP contribution in [0.25, 0.3) is 84.9 Å². The largest absolute Gasteiger partial charge is 0.308 e. The van der Waals surface area contributed by atoms with E-state index in [2.05, 4.69) is 181 Å². The van der Waals surface area contributed by atoms with Gasteiger partial charge in [-0.3, -0.25) is 0 Å². The van der Waals surface area contributed by atoms with Crippen molar-refractivity contribution >= 4 is 80.1 Å². The predicted molar refractivity (Wildman–Crippen MR) is 222 cm³/mol. The molecule has 238 valence electrons. The zero-order chi connectivity index (χ0) is 33.5. The minimum absolute atomic E-state index is 1.14. The van der Waals surface area contributed by atoms with Crippen LogP contribution in [0.4, 0.5) is 17.1 Å². The summed E-state index contributed by atoms with van der Waals surface area (Å²) in [6.07, 6.45) is 0. The fourth-order valence-electron chi connectivity index (χ4n) is 8.21. The second-order valence-electron chi connectivity index (χ2n) is 13.2. The van der Waals surface area contributed by atoms with Gasteiger partial charge in [-0.1, -0.05) is 140 Å². The van der Waals surface area contributed by atoms with Crippen LogP contribution in [-0.4, -0.2) is 0 Å². The Morgan fingerprint density at radius 1 is 0.294 bits per heavy atom. The third-order valence-electron chi connectivity index (χ3n) is 10.5. The van der Waals surface area contributed by atoms with Crippen LogP contribution in [0, 0.1) is 0 Å². The zero-order valence-corrected chi connectivity index (χ0v) is 29.1. The molecule has 0 atom stereocenters. The molecule has 2 heterocycles. The molecule has 1 aliphatic rings. The van der Waals surface area contributed by atoms with E-state index in [-0.39, 0.29) is 0 Å². The van der Waals surface area contributed by atoms with Crippen LogP contribution in [0.1, 0.15) is 0 Å². The van der Waals surface area contributed by atoms with Gasteiger partial charge >= 0.3 is 0 Å². The highest BCUT2D eigenvalue weighted by molar-refractivity contribution is 7.27. The molecule has 0 saturated heterocycles. The predicted octanol–water partition coefficient (Wildman–Crippen LogP) is 14.9. The molecule has 1 nitrogen and oxygen atoms in total. The number of benzene rings is 8. The van der Waals surface area contributed by atoms with Crippen LogP contribution in [0.5, 0.6) is 0 Å². The summed E-state index contributed by atoms with van der Waals surface area (Å²) in [6, 6.07) is 65.1. The molecule has 0 saturated carbocycles. The Kier molecular flexibility index (Phi) is 6.36. The first-order valence-electron chi connectivity index (χ1n) is 17.4. The Morgan fingerprint density at radius 3 is 1.14 bits per heavy atom. The molecular weight excluding hydrogens is 655 g/mol. The van der Waals surface area contributed by atoms with Crippen LogP contribution in [0.3, 0.4) is 0 Å². The van der Waals surface area contributed by atoms with Crippen LogP contribution >= 0.6 is 22.7 Å². The molecule has 0 amide bonds. The van der Waals surface area contributed by atoms with Gasteiger partial charge in [-0.25, -0.2) is 0 Å². The molecule has 0 spiro atoms. The van der Waals surface area contributed by atoms with Gasteiger partial charge in [0.2, 0.25) is 0 Å². The Balaban J connectivity index is 1.24.